The van der Waals surface area contributed by atoms with E-state index in [0.29, 0.717) is 30.5 Å². The van der Waals surface area contributed by atoms with Crippen LogP contribution in [0.15, 0.2) is 28.0 Å². The second kappa shape index (κ2) is 5.84. The Balaban J connectivity index is 2.03. The summed E-state index contributed by atoms with van der Waals surface area (Å²) in [5.74, 6) is 0.815. The van der Waals surface area contributed by atoms with Crippen LogP contribution in [0.3, 0.4) is 0 Å². The van der Waals surface area contributed by atoms with E-state index in [0.717, 1.165) is 25.7 Å². The first-order chi connectivity index (χ1) is 10.7. The molecule has 1 saturated carbocycles. The summed E-state index contributed by atoms with van der Waals surface area (Å²) in [6, 6.07) is 4.03. The van der Waals surface area contributed by atoms with Crippen molar-refractivity contribution in [1.29, 1.82) is 0 Å². The minimum atomic E-state index is -3.93. The summed E-state index contributed by atoms with van der Waals surface area (Å²) in [5, 5.41) is 5.14. The Morgan fingerprint density at radius 2 is 1.52 bits per heavy atom. The van der Waals surface area contributed by atoms with Crippen LogP contribution in [0.4, 0.5) is 0 Å². The molecule has 2 bridgehead atoms. The summed E-state index contributed by atoms with van der Waals surface area (Å²) >= 11 is 0. The Bertz CT molecular complexity index is 796. The van der Waals surface area contributed by atoms with E-state index in [-0.39, 0.29) is 9.79 Å². The van der Waals surface area contributed by atoms with E-state index < -0.39 is 20.0 Å². The van der Waals surface area contributed by atoms with E-state index in [1.165, 1.54) is 22.5 Å². The monoisotopic (exact) mass is 358 g/mol. The lowest BCUT2D eigenvalue weighted by Crippen LogP contribution is -2.35. The van der Waals surface area contributed by atoms with E-state index in [9.17, 15) is 16.8 Å². The van der Waals surface area contributed by atoms with Crippen molar-refractivity contribution in [2.75, 3.05) is 13.1 Å². The molecule has 1 aromatic carbocycles. The minimum Gasteiger partial charge on any atom is -0.225 e. The SMILES string of the molecule is Cc1ccc(S(N)(=O)=O)cc1S(=O)(=O)N1CC2CCC(CC2)C1. The number of rotatable bonds is 3. The second-order valence-electron chi connectivity index (χ2n) is 6.68. The Labute approximate surface area is 137 Å². The topological polar surface area (TPSA) is 97.5 Å². The second-order valence-corrected chi connectivity index (χ2v) is 10.1. The van der Waals surface area contributed by atoms with Crippen molar-refractivity contribution in [2.45, 2.75) is 42.4 Å². The van der Waals surface area contributed by atoms with Crippen molar-refractivity contribution in [3.05, 3.63) is 23.8 Å². The molecule has 0 spiro atoms. The average Bonchev–Trinajstić information content (AvgIpc) is 2.80. The first-order valence-electron chi connectivity index (χ1n) is 7.81. The van der Waals surface area contributed by atoms with E-state index in [2.05, 4.69) is 0 Å². The van der Waals surface area contributed by atoms with Gasteiger partial charge in [-0.05, 0) is 62.1 Å². The Morgan fingerprint density at radius 3 is 2.00 bits per heavy atom. The van der Waals surface area contributed by atoms with Gasteiger partial charge in [0.05, 0.1) is 9.79 Å². The lowest BCUT2D eigenvalue weighted by molar-refractivity contribution is 0.326. The van der Waals surface area contributed by atoms with Gasteiger partial charge in [-0.2, -0.15) is 4.31 Å². The quantitative estimate of drug-likeness (QED) is 0.884. The number of hydrogen-bond donors (Lipinski definition) is 1. The summed E-state index contributed by atoms with van der Waals surface area (Å²) in [7, 11) is -7.64. The van der Waals surface area contributed by atoms with Crippen molar-refractivity contribution in [3.63, 3.8) is 0 Å². The third-order valence-corrected chi connectivity index (χ3v) is 7.88. The Hall–Kier alpha value is -0.960. The van der Waals surface area contributed by atoms with Crippen LogP contribution in [0.25, 0.3) is 0 Å². The molecule has 3 aliphatic rings. The molecule has 0 amide bonds. The molecule has 0 atom stereocenters. The lowest BCUT2D eigenvalue weighted by Gasteiger charge is -2.23. The Kier molecular flexibility index (Phi) is 4.29. The smallest absolute Gasteiger partial charge is 0.225 e. The van der Waals surface area contributed by atoms with Gasteiger partial charge in [-0.3, -0.25) is 0 Å². The van der Waals surface area contributed by atoms with Gasteiger partial charge in [-0.25, -0.2) is 22.0 Å². The van der Waals surface area contributed by atoms with Crippen LogP contribution >= 0.6 is 0 Å². The van der Waals surface area contributed by atoms with E-state index in [4.69, 9.17) is 5.14 Å². The van der Waals surface area contributed by atoms with Crippen molar-refractivity contribution in [2.24, 2.45) is 17.0 Å². The van der Waals surface area contributed by atoms with Crippen molar-refractivity contribution in [1.82, 2.24) is 4.31 Å². The van der Waals surface area contributed by atoms with Crippen molar-refractivity contribution in [3.8, 4) is 0 Å². The number of nitrogens with zero attached hydrogens (tertiary/aromatic N) is 1. The molecule has 0 radical (unpaired) electrons. The summed E-state index contributed by atoms with van der Waals surface area (Å²) in [6.07, 6.45) is 4.31. The van der Waals surface area contributed by atoms with Gasteiger partial charge >= 0.3 is 0 Å². The van der Waals surface area contributed by atoms with Crippen molar-refractivity contribution < 1.29 is 16.8 Å². The predicted octanol–water partition coefficient (Wildman–Crippen LogP) is 1.45. The molecule has 23 heavy (non-hydrogen) atoms. The maximum Gasteiger partial charge on any atom is 0.243 e. The standard InChI is InChI=1S/C15H22N2O4S2/c1-11-2-7-14(22(16,18)19)8-15(11)23(20,21)17-9-12-3-4-13(10-17)6-5-12/h2,7-8,12-13H,3-6,9-10H2,1H3,(H2,16,18,19). The minimum absolute atomic E-state index is 0.0466. The number of sulfonamides is 2. The molecule has 2 saturated heterocycles. The molecule has 128 valence electrons. The third kappa shape index (κ3) is 3.31. The molecule has 1 aromatic rings. The molecular formula is C15H22N2O4S2. The van der Waals surface area contributed by atoms with Gasteiger partial charge in [-0.15, -0.1) is 0 Å². The van der Waals surface area contributed by atoms with Gasteiger partial charge < -0.3 is 0 Å². The molecule has 3 fully saturated rings. The molecule has 0 unspecified atom stereocenters. The molecule has 8 heteroatoms. The zero-order chi connectivity index (χ0) is 16.8. The van der Waals surface area contributed by atoms with Crippen LogP contribution in [0.2, 0.25) is 0 Å². The van der Waals surface area contributed by atoms with Crippen molar-refractivity contribution >= 4 is 20.0 Å². The lowest BCUT2D eigenvalue weighted by atomic mass is 9.84. The highest BCUT2D eigenvalue weighted by Gasteiger charge is 2.36. The molecular weight excluding hydrogens is 336 g/mol. The molecule has 6 nitrogen and oxygen atoms in total. The third-order valence-electron chi connectivity index (χ3n) is 5.00. The normalized spacial score (nSPS) is 26.2. The molecule has 2 aliphatic heterocycles. The van der Waals surface area contributed by atoms with Crippen LogP contribution in [0, 0.1) is 18.8 Å². The number of fused-ring (bicyclic) bond motifs is 4. The number of hydrogen-bond acceptors (Lipinski definition) is 4. The highest BCUT2D eigenvalue weighted by molar-refractivity contribution is 7.90. The summed E-state index contributed by atoms with van der Waals surface area (Å²) < 4.78 is 50.7. The number of nitrogens with two attached hydrogens (primary N) is 1. The zero-order valence-electron chi connectivity index (χ0n) is 13.1. The van der Waals surface area contributed by atoms with E-state index in [1.54, 1.807) is 6.92 Å². The predicted molar refractivity (Wildman–Crippen MR) is 86.8 cm³/mol. The van der Waals surface area contributed by atoms with Crippen LogP contribution in [0.5, 0.6) is 0 Å². The van der Waals surface area contributed by atoms with E-state index in [1.807, 2.05) is 0 Å². The first kappa shape index (κ1) is 16.9. The highest BCUT2D eigenvalue weighted by Crippen LogP contribution is 2.36. The van der Waals surface area contributed by atoms with Crippen LogP contribution in [-0.2, 0) is 20.0 Å². The van der Waals surface area contributed by atoms with Gasteiger partial charge in [0.25, 0.3) is 0 Å². The van der Waals surface area contributed by atoms with E-state index >= 15 is 0 Å². The largest absolute Gasteiger partial charge is 0.243 e. The maximum atomic E-state index is 13.0. The maximum absolute atomic E-state index is 13.0. The van der Waals surface area contributed by atoms with Crippen LogP contribution in [0.1, 0.15) is 31.2 Å². The van der Waals surface area contributed by atoms with Gasteiger partial charge in [-0.1, -0.05) is 6.07 Å². The zero-order valence-corrected chi connectivity index (χ0v) is 14.7. The fourth-order valence-electron chi connectivity index (χ4n) is 3.62. The Morgan fingerprint density at radius 1 is 1.00 bits per heavy atom. The van der Waals surface area contributed by atoms with Gasteiger partial charge in [0.1, 0.15) is 0 Å². The fourth-order valence-corrected chi connectivity index (χ4v) is 6.08. The number of aryl methyl sites for hydroxylation is 1. The molecule has 0 aromatic heterocycles. The summed E-state index contributed by atoms with van der Waals surface area (Å²) in [5.41, 5.74) is 0.536. The van der Waals surface area contributed by atoms with Gasteiger partial charge in [0.15, 0.2) is 0 Å². The summed E-state index contributed by atoms with van der Waals surface area (Å²) in [6.45, 7) is 2.72. The number of benzene rings is 1. The molecule has 2 heterocycles. The fraction of sp³-hybridized carbons (Fsp3) is 0.600. The average molecular weight is 358 g/mol. The van der Waals surface area contributed by atoms with Crippen LogP contribution in [-0.4, -0.2) is 34.2 Å². The molecule has 1 aliphatic carbocycles. The number of primary sulfonamides is 1. The van der Waals surface area contributed by atoms with Gasteiger partial charge in [0.2, 0.25) is 20.0 Å². The molecule has 4 rings (SSSR count). The first-order valence-corrected chi connectivity index (χ1v) is 10.8. The molecule has 2 N–H and O–H groups in total. The highest BCUT2D eigenvalue weighted by atomic mass is 32.2. The van der Waals surface area contributed by atoms with Crippen LogP contribution < -0.4 is 5.14 Å². The summed E-state index contributed by atoms with van der Waals surface area (Å²) in [4.78, 5) is -0.121. The van der Waals surface area contributed by atoms with Gasteiger partial charge in [0, 0.05) is 13.1 Å².